The van der Waals surface area contributed by atoms with Crippen molar-refractivity contribution in [3.63, 3.8) is 0 Å². The largest absolute Gasteiger partial charge is 0.325 e. The third-order valence-electron chi connectivity index (χ3n) is 4.91. The maximum atomic E-state index is 7.56. The molecule has 276 valence electrons. The summed E-state index contributed by atoms with van der Waals surface area (Å²) < 4.78 is 0. The van der Waals surface area contributed by atoms with E-state index in [0.717, 1.165) is 0 Å². The standard InChI is InChI=1S/2C12H26.4H3O3PS/c2*1-3-5-7-9-11-12-10-8-6-4-2;4*1-4(2,3)5/h2*3-12H2,1-2H3;4*(H3,1,2,3,5). The van der Waals surface area contributed by atoms with Crippen molar-refractivity contribution in [3.05, 3.63) is 0 Å². The summed E-state index contributed by atoms with van der Waals surface area (Å²) in [4.78, 5) is 90.7. The molecule has 0 heterocycles. The fraction of sp³-hybridized carbons (Fsp3) is 1.00. The summed E-state index contributed by atoms with van der Waals surface area (Å²) in [5.41, 5.74) is 0. The van der Waals surface area contributed by atoms with Gasteiger partial charge in [-0.15, -0.1) is 0 Å². The van der Waals surface area contributed by atoms with Gasteiger partial charge < -0.3 is 58.7 Å². The van der Waals surface area contributed by atoms with Crippen LogP contribution >= 0.6 is 26.9 Å². The van der Waals surface area contributed by atoms with Crippen molar-refractivity contribution >= 4 is 74.1 Å². The Morgan fingerprint density at radius 2 is 0.318 bits per heavy atom. The van der Waals surface area contributed by atoms with E-state index in [4.69, 9.17) is 58.7 Å². The van der Waals surface area contributed by atoms with E-state index in [1.165, 1.54) is 128 Å². The summed E-state index contributed by atoms with van der Waals surface area (Å²) in [6.45, 7) is -6.11. The Bertz CT molecular complexity index is 579. The van der Waals surface area contributed by atoms with Crippen LogP contribution in [0.2, 0.25) is 0 Å². The minimum Gasteiger partial charge on any atom is -0.325 e. The van der Waals surface area contributed by atoms with Crippen molar-refractivity contribution in [3.8, 4) is 0 Å². The van der Waals surface area contributed by atoms with E-state index in [-0.39, 0.29) is 0 Å². The van der Waals surface area contributed by atoms with Crippen LogP contribution in [0.5, 0.6) is 0 Å². The summed E-state index contributed by atoms with van der Waals surface area (Å²) >= 11 is 14.4. The van der Waals surface area contributed by atoms with Crippen molar-refractivity contribution < 1.29 is 58.7 Å². The molecule has 0 saturated carbocycles. The molecule has 0 spiro atoms. The van der Waals surface area contributed by atoms with E-state index >= 15 is 0 Å². The lowest BCUT2D eigenvalue weighted by molar-refractivity contribution is 0.361. The second kappa shape index (κ2) is 41.3. The Kier molecular flexibility index (Phi) is 54.7. The van der Waals surface area contributed by atoms with Gasteiger partial charge in [0.15, 0.2) is 0 Å². The SMILES string of the molecule is CCCCCCCCCCCC.CCCCCCCCCCCC.OP(O)(O)=S.OP(O)(O)=S.OP(O)(O)=S.OP(O)(O)=S. The van der Waals surface area contributed by atoms with Crippen LogP contribution in [0.15, 0.2) is 0 Å². The summed E-state index contributed by atoms with van der Waals surface area (Å²) in [5.74, 6) is 0. The molecule has 0 radical (unpaired) electrons. The molecule has 0 fully saturated rings. The van der Waals surface area contributed by atoms with E-state index in [0.29, 0.717) is 0 Å². The van der Waals surface area contributed by atoms with Gasteiger partial charge in [-0.1, -0.05) is 156 Å². The van der Waals surface area contributed by atoms with Crippen molar-refractivity contribution in [1.29, 1.82) is 0 Å². The number of hydrogen-bond donors (Lipinski definition) is 12. The van der Waals surface area contributed by atoms with Gasteiger partial charge in [0.25, 0.3) is 0 Å². The Morgan fingerprint density at radius 1 is 0.250 bits per heavy atom. The highest BCUT2D eigenvalue weighted by Gasteiger charge is 1.94. The van der Waals surface area contributed by atoms with Crippen molar-refractivity contribution in [2.24, 2.45) is 0 Å². The molecule has 0 unspecified atom stereocenters. The number of rotatable bonds is 18. The van der Waals surface area contributed by atoms with Crippen LogP contribution in [0, 0.1) is 0 Å². The minimum absolute atomic E-state index is 1.37. The highest BCUT2D eigenvalue weighted by molar-refractivity contribution is 8.07. The zero-order valence-electron chi connectivity index (χ0n) is 26.9. The Morgan fingerprint density at radius 3 is 0.386 bits per heavy atom. The van der Waals surface area contributed by atoms with Crippen molar-refractivity contribution in [2.75, 3.05) is 0 Å². The number of hydrogen-bond acceptors (Lipinski definition) is 4. The van der Waals surface area contributed by atoms with E-state index in [9.17, 15) is 0 Å². The lowest BCUT2D eigenvalue weighted by Crippen LogP contribution is -1.80. The highest BCUT2D eigenvalue weighted by atomic mass is 32.5. The predicted octanol–water partition coefficient (Wildman–Crippen LogP) is 6.61. The zero-order chi connectivity index (χ0) is 36.1. The Hall–Kier alpha value is 2.12. The van der Waals surface area contributed by atoms with Crippen molar-refractivity contribution in [1.82, 2.24) is 0 Å². The molecule has 44 heavy (non-hydrogen) atoms. The summed E-state index contributed by atoms with van der Waals surface area (Å²) in [6.07, 6.45) is 28.9. The molecule has 0 aliphatic heterocycles. The van der Waals surface area contributed by atoms with Crippen LogP contribution < -0.4 is 0 Å². The average Bonchev–Trinajstić information content (AvgIpc) is 2.79. The van der Waals surface area contributed by atoms with Crippen molar-refractivity contribution in [2.45, 2.75) is 156 Å². The van der Waals surface area contributed by atoms with Gasteiger partial charge >= 0.3 is 26.9 Å². The van der Waals surface area contributed by atoms with E-state index in [1.807, 2.05) is 0 Å². The van der Waals surface area contributed by atoms with Crippen LogP contribution in [0.4, 0.5) is 0 Å². The number of unbranched alkanes of at least 4 members (excludes halogenated alkanes) is 18. The van der Waals surface area contributed by atoms with Gasteiger partial charge in [-0.25, -0.2) is 0 Å². The van der Waals surface area contributed by atoms with Crippen LogP contribution in [0.25, 0.3) is 0 Å². The van der Waals surface area contributed by atoms with E-state index in [2.05, 4.69) is 74.9 Å². The lowest BCUT2D eigenvalue weighted by Gasteiger charge is -1.99. The van der Waals surface area contributed by atoms with E-state index < -0.39 is 26.9 Å². The van der Waals surface area contributed by atoms with Gasteiger partial charge in [0.2, 0.25) is 0 Å². The maximum Gasteiger partial charge on any atom is 0.319 e. The third kappa shape index (κ3) is 203. The fourth-order valence-corrected chi connectivity index (χ4v) is 3.12. The quantitative estimate of drug-likeness (QED) is 0.0516. The molecule has 12 N–H and O–H groups in total. The molecule has 0 aromatic heterocycles. The first-order valence-electron chi connectivity index (χ1n) is 15.0. The first kappa shape index (κ1) is 58.3. The van der Waals surface area contributed by atoms with Crippen LogP contribution in [0.3, 0.4) is 0 Å². The van der Waals surface area contributed by atoms with Crippen LogP contribution in [-0.4, -0.2) is 58.7 Å². The summed E-state index contributed by atoms with van der Waals surface area (Å²) in [5, 5.41) is 0. The average molecular weight is 797 g/mol. The maximum absolute atomic E-state index is 7.56. The molecular weight excluding hydrogens is 732 g/mol. The van der Waals surface area contributed by atoms with Gasteiger partial charge in [-0.3, -0.25) is 0 Å². The van der Waals surface area contributed by atoms with Gasteiger partial charge in [0.1, 0.15) is 0 Å². The molecule has 0 saturated heterocycles. The molecule has 0 atom stereocenters. The van der Waals surface area contributed by atoms with Gasteiger partial charge in [0.05, 0.1) is 0 Å². The highest BCUT2D eigenvalue weighted by Crippen LogP contribution is 2.27. The fourth-order valence-electron chi connectivity index (χ4n) is 3.12. The second-order valence-corrected chi connectivity index (χ2v) is 19.7. The molecule has 12 nitrogen and oxygen atoms in total. The molecule has 0 aromatic rings. The summed E-state index contributed by atoms with van der Waals surface area (Å²) in [7, 11) is 0. The van der Waals surface area contributed by atoms with Gasteiger partial charge in [-0.2, -0.15) is 0 Å². The molecule has 0 amide bonds. The first-order chi connectivity index (χ1) is 19.8. The molecule has 0 aliphatic rings. The van der Waals surface area contributed by atoms with E-state index in [1.54, 1.807) is 0 Å². The minimum atomic E-state index is -3.81. The van der Waals surface area contributed by atoms with Crippen LogP contribution in [0.1, 0.15) is 156 Å². The molecule has 0 bridgehead atoms. The molecule has 0 aromatic carbocycles. The predicted molar refractivity (Wildman–Crippen MR) is 199 cm³/mol. The normalized spacial score (nSPS) is 11.1. The molecule has 20 heteroatoms. The Labute approximate surface area is 287 Å². The summed E-state index contributed by atoms with van der Waals surface area (Å²) in [6, 6.07) is 0. The third-order valence-corrected chi connectivity index (χ3v) is 4.91. The molecule has 0 rings (SSSR count). The lowest BCUT2D eigenvalue weighted by atomic mass is 10.1. The molecule has 0 aliphatic carbocycles. The van der Waals surface area contributed by atoms with Crippen LogP contribution in [-0.2, 0) is 47.2 Å². The monoisotopic (exact) mass is 796 g/mol. The Balaban J connectivity index is -0.000000104. The van der Waals surface area contributed by atoms with Gasteiger partial charge in [-0.05, 0) is 47.2 Å². The first-order valence-corrected chi connectivity index (χ1v) is 25.6. The zero-order valence-corrected chi connectivity index (χ0v) is 33.8. The van der Waals surface area contributed by atoms with Gasteiger partial charge in [0, 0.05) is 0 Å². The topological polar surface area (TPSA) is 243 Å². The smallest absolute Gasteiger partial charge is 0.319 e. The molecular formula is C24H64O12P4S4. The second-order valence-electron chi connectivity index (χ2n) is 9.71.